The van der Waals surface area contributed by atoms with Crippen LogP contribution in [0.3, 0.4) is 0 Å². The van der Waals surface area contributed by atoms with Crippen LogP contribution >= 0.6 is 0 Å². The van der Waals surface area contributed by atoms with Crippen molar-refractivity contribution in [1.82, 2.24) is 4.90 Å². The molecular formula is C13H19FN2O. The molecule has 1 aromatic rings. The first-order valence-corrected chi connectivity index (χ1v) is 6.07. The minimum atomic E-state index is -0.231. The van der Waals surface area contributed by atoms with Crippen molar-refractivity contribution < 1.29 is 9.50 Å². The van der Waals surface area contributed by atoms with Gasteiger partial charge in [0.2, 0.25) is 0 Å². The molecule has 17 heavy (non-hydrogen) atoms. The van der Waals surface area contributed by atoms with Crippen molar-refractivity contribution in [3.63, 3.8) is 0 Å². The van der Waals surface area contributed by atoms with Crippen LogP contribution < -0.4 is 5.73 Å². The highest BCUT2D eigenvalue weighted by atomic mass is 19.1. The Morgan fingerprint density at radius 3 is 2.71 bits per heavy atom. The second-order valence-corrected chi connectivity index (χ2v) is 4.64. The first-order valence-electron chi connectivity index (χ1n) is 6.07. The maximum Gasteiger partial charge on any atom is 0.127 e. The smallest absolute Gasteiger partial charge is 0.127 e. The number of piperidine rings is 1. The van der Waals surface area contributed by atoms with Crippen LogP contribution in [0.15, 0.2) is 18.2 Å². The number of nitrogens with two attached hydrogens (primary N) is 1. The first kappa shape index (κ1) is 12.5. The summed E-state index contributed by atoms with van der Waals surface area (Å²) in [6, 6.07) is 5.12. The number of aliphatic hydroxyl groups is 1. The normalized spacial score (nSPS) is 18.5. The van der Waals surface area contributed by atoms with Crippen LogP contribution in [0.5, 0.6) is 0 Å². The molecule has 3 nitrogen and oxygen atoms in total. The molecule has 0 atom stereocenters. The van der Waals surface area contributed by atoms with E-state index < -0.39 is 0 Å². The molecule has 3 N–H and O–H groups in total. The van der Waals surface area contributed by atoms with Gasteiger partial charge in [0, 0.05) is 31.7 Å². The Kier molecular flexibility index (Phi) is 4.10. The van der Waals surface area contributed by atoms with E-state index in [9.17, 15) is 9.50 Å². The highest BCUT2D eigenvalue weighted by molar-refractivity contribution is 5.25. The van der Waals surface area contributed by atoms with Crippen LogP contribution in [0.4, 0.5) is 4.39 Å². The van der Waals surface area contributed by atoms with Crippen molar-refractivity contribution >= 4 is 0 Å². The highest BCUT2D eigenvalue weighted by Crippen LogP contribution is 2.16. The number of likely N-dealkylation sites (tertiary alicyclic amines) is 1. The van der Waals surface area contributed by atoms with Crippen LogP contribution in [-0.4, -0.2) is 29.2 Å². The molecule has 0 aromatic heterocycles. The maximum absolute atomic E-state index is 13.3. The molecule has 0 bridgehead atoms. The van der Waals surface area contributed by atoms with E-state index in [4.69, 9.17) is 5.73 Å². The average Bonchev–Trinajstić information content (AvgIpc) is 2.34. The summed E-state index contributed by atoms with van der Waals surface area (Å²) in [7, 11) is 0. The Bertz CT molecular complexity index is 376. The van der Waals surface area contributed by atoms with Crippen LogP contribution in [0.2, 0.25) is 0 Å². The molecule has 1 aliphatic heterocycles. The molecule has 1 heterocycles. The zero-order valence-electron chi connectivity index (χ0n) is 9.90. The van der Waals surface area contributed by atoms with Crippen LogP contribution in [0, 0.1) is 5.82 Å². The fourth-order valence-electron chi connectivity index (χ4n) is 2.22. The molecule has 1 aliphatic rings. The van der Waals surface area contributed by atoms with Gasteiger partial charge in [0.25, 0.3) is 0 Å². The van der Waals surface area contributed by atoms with Crippen molar-refractivity contribution in [2.24, 2.45) is 5.73 Å². The van der Waals surface area contributed by atoms with Gasteiger partial charge >= 0.3 is 0 Å². The molecule has 0 amide bonds. The zero-order valence-corrected chi connectivity index (χ0v) is 9.90. The molecule has 4 heteroatoms. The summed E-state index contributed by atoms with van der Waals surface area (Å²) in [5.74, 6) is -0.231. The molecule has 0 radical (unpaired) electrons. The van der Waals surface area contributed by atoms with E-state index in [0.717, 1.165) is 38.0 Å². The van der Waals surface area contributed by atoms with Crippen LogP contribution in [-0.2, 0) is 13.1 Å². The lowest BCUT2D eigenvalue weighted by molar-refractivity contribution is 0.0792. The molecule has 0 aliphatic carbocycles. The number of rotatable bonds is 3. The highest BCUT2D eigenvalue weighted by Gasteiger charge is 2.17. The third-order valence-electron chi connectivity index (χ3n) is 3.29. The van der Waals surface area contributed by atoms with E-state index in [2.05, 4.69) is 4.90 Å². The average molecular weight is 238 g/mol. The van der Waals surface area contributed by atoms with Gasteiger partial charge in [0.1, 0.15) is 5.82 Å². The lowest BCUT2D eigenvalue weighted by Gasteiger charge is -2.29. The number of halogens is 1. The quantitative estimate of drug-likeness (QED) is 0.833. The lowest BCUT2D eigenvalue weighted by atomic mass is 10.1. The van der Waals surface area contributed by atoms with Crippen molar-refractivity contribution in [3.8, 4) is 0 Å². The molecule has 2 rings (SSSR count). The van der Waals surface area contributed by atoms with Gasteiger partial charge in [-0.3, -0.25) is 4.90 Å². The fourth-order valence-corrected chi connectivity index (χ4v) is 2.22. The van der Waals surface area contributed by atoms with Crippen molar-refractivity contribution in [1.29, 1.82) is 0 Å². The minimum Gasteiger partial charge on any atom is -0.393 e. The minimum absolute atomic E-state index is 0.154. The summed E-state index contributed by atoms with van der Waals surface area (Å²) >= 11 is 0. The molecular weight excluding hydrogens is 219 g/mol. The third kappa shape index (κ3) is 3.25. The van der Waals surface area contributed by atoms with Gasteiger partial charge in [-0.25, -0.2) is 4.39 Å². The van der Waals surface area contributed by atoms with Gasteiger partial charge in [0.15, 0.2) is 0 Å². The monoisotopic (exact) mass is 238 g/mol. The molecule has 0 saturated carbocycles. The van der Waals surface area contributed by atoms with Gasteiger partial charge in [-0.15, -0.1) is 0 Å². The van der Waals surface area contributed by atoms with Gasteiger partial charge < -0.3 is 10.8 Å². The Morgan fingerprint density at radius 2 is 2.06 bits per heavy atom. The van der Waals surface area contributed by atoms with Gasteiger partial charge in [-0.05, 0) is 24.5 Å². The standard InChI is InChI=1S/C13H19FN2O/c14-13-2-1-10(7-11(13)8-15)9-16-5-3-12(17)4-6-16/h1-2,7,12,17H,3-6,8-9,15H2. The number of hydrogen-bond donors (Lipinski definition) is 2. The first-order chi connectivity index (χ1) is 8.19. The van der Waals surface area contributed by atoms with E-state index in [0.29, 0.717) is 5.56 Å². The fraction of sp³-hybridized carbons (Fsp3) is 0.538. The van der Waals surface area contributed by atoms with E-state index in [1.165, 1.54) is 6.07 Å². The third-order valence-corrected chi connectivity index (χ3v) is 3.29. The topological polar surface area (TPSA) is 49.5 Å². The molecule has 0 unspecified atom stereocenters. The van der Waals surface area contributed by atoms with Gasteiger partial charge in [-0.2, -0.15) is 0 Å². The predicted molar refractivity (Wildman–Crippen MR) is 64.8 cm³/mol. The Hall–Kier alpha value is -0.970. The number of nitrogens with zero attached hydrogens (tertiary/aromatic N) is 1. The Balaban J connectivity index is 1.99. The van der Waals surface area contributed by atoms with E-state index >= 15 is 0 Å². The molecule has 1 aromatic carbocycles. The molecule has 1 saturated heterocycles. The molecule has 94 valence electrons. The lowest BCUT2D eigenvalue weighted by Crippen LogP contribution is -2.35. The number of benzene rings is 1. The van der Waals surface area contributed by atoms with Gasteiger partial charge in [0.05, 0.1) is 6.10 Å². The van der Waals surface area contributed by atoms with Crippen molar-refractivity contribution in [2.75, 3.05) is 13.1 Å². The SMILES string of the molecule is NCc1cc(CN2CCC(O)CC2)ccc1F. The van der Waals surface area contributed by atoms with Crippen molar-refractivity contribution in [2.45, 2.75) is 32.0 Å². The van der Waals surface area contributed by atoms with Crippen molar-refractivity contribution in [3.05, 3.63) is 35.1 Å². The maximum atomic E-state index is 13.3. The Morgan fingerprint density at radius 1 is 1.35 bits per heavy atom. The van der Waals surface area contributed by atoms with Crippen LogP contribution in [0.1, 0.15) is 24.0 Å². The largest absolute Gasteiger partial charge is 0.393 e. The summed E-state index contributed by atoms with van der Waals surface area (Å²) in [5.41, 5.74) is 7.14. The van der Waals surface area contributed by atoms with E-state index in [-0.39, 0.29) is 18.5 Å². The zero-order chi connectivity index (χ0) is 12.3. The summed E-state index contributed by atoms with van der Waals surface area (Å²) in [6.45, 7) is 2.84. The van der Waals surface area contributed by atoms with E-state index in [1.807, 2.05) is 6.07 Å². The molecule has 0 spiro atoms. The number of hydrogen-bond acceptors (Lipinski definition) is 3. The summed E-state index contributed by atoms with van der Waals surface area (Å²) in [4.78, 5) is 2.28. The summed E-state index contributed by atoms with van der Waals surface area (Å²) in [6.07, 6.45) is 1.50. The predicted octanol–water partition coefficient (Wildman–Crippen LogP) is 1.24. The number of aliphatic hydroxyl groups excluding tert-OH is 1. The summed E-state index contributed by atoms with van der Waals surface area (Å²) in [5, 5.41) is 9.42. The van der Waals surface area contributed by atoms with Crippen LogP contribution in [0.25, 0.3) is 0 Å². The van der Waals surface area contributed by atoms with Gasteiger partial charge in [-0.1, -0.05) is 12.1 Å². The second kappa shape index (κ2) is 5.58. The Labute approximate surface area is 101 Å². The van der Waals surface area contributed by atoms with E-state index in [1.54, 1.807) is 6.07 Å². The second-order valence-electron chi connectivity index (χ2n) is 4.64. The summed E-state index contributed by atoms with van der Waals surface area (Å²) < 4.78 is 13.3. The molecule has 1 fully saturated rings.